The van der Waals surface area contributed by atoms with Gasteiger partial charge in [0.25, 0.3) is 0 Å². The molecule has 246 valence electrons. The summed E-state index contributed by atoms with van der Waals surface area (Å²) in [6.45, 7) is 12.0. The maximum absolute atomic E-state index is 12.3. The highest BCUT2D eigenvalue weighted by molar-refractivity contribution is 5.75. The van der Waals surface area contributed by atoms with E-state index < -0.39 is 6.29 Å². The molecule has 5 atom stereocenters. The Balaban J connectivity index is 1.19. The van der Waals surface area contributed by atoms with Gasteiger partial charge < -0.3 is 25.2 Å². The SMILES string of the molecule is CC(=O)NCCCCCC(=O)NCc1ccc([C@H]2O[C@@H](CN3CC4(C)CC3CC(C)(C)C4)C[C@@H](c3ccc(CO)cc3)O2)cc1. The number of nitrogens with zero attached hydrogens (tertiary/aromatic N) is 1. The predicted octanol–water partition coefficient (Wildman–Crippen LogP) is 5.94. The van der Waals surface area contributed by atoms with Crippen LogP contribution in [0.4, 0.5) is 0 Å². The van der Waals surface area contributed by atoms with Crippen molar-refractivity contribution in [2.45, 2.75) is 117 Å². The number of amides is 2. The Morgan fingerprint density at radius 2 is 1.62 bits per heavy atom. The first kappa shape index (κ1) is 33.6. The Kier molecular flexibility index (Phi) is 11.0. The van der Waals surface area contributed by atoms with Crippen molar-refractivity contribution >= 4 is 11.8 Å². The summed E-state index contributed by atoms with van der Waals surface area (Å²) in [6, 6.07) is 16.9. The summed E-state index contributed by atoms with van der Waals surface area (Å²) in [5.41, 5.74) is 4.74. The molecule has 1 saturated carbocycles. The van der Waals surface area contributed by atoms with Gasteiger partial charge >= 0.3 is 0 Å². The number of hydrogen-bond acceptors (Lipinski definition) is 6. The number of fused-ring (bicyclic) bond motifs is 2. The van der Waals surface area contributed by atoms with Crippen LogP contribution in [0.3, 0.4) is 0 Å². The summed E-state index contributed by atoms with van der Waals surface area (Å²) in [4.78, 5) is 26.0. The van der Waals surface area contributed by atoms with Crippen LogP contribution in [0.2, 0.25) is 0 Å². The number of aliphatic hydroxyl groups excluding tert-OH is 1. The number of benzene rings is 2. The normalized spacial score (nSPS) is 27.7. The van der Waals surface area contributed by atoms with Gasteiger partial charge in [-0.25, -0.2) is 0 Å². The molecule has 0 radical (unpaired) electrons. The second kappa shape index (κ2) is 14.8. The summed E-state index contributed by atoms with van der Waals surface area (Å²) in [5.74, 6) is 0.0235. The molecular formula is C37H53N3O5. The molecule has 45 heavy (non-hydrogen) atoms. The summed E-state index contributed by atoms with van der Waals surface area (Å²) in [6.07, 6.45) is 7.09. The lowest BCUT2D eigenvalue weighted by Crippen LogP contribution is -2.42. The van der Waals surface area contributed by atoms with E-state index in [4.69, 9.17) is 9.47 Å². The van der Waals surface area contributed by atoms with Gasteiger partial charge in [-0.15, -0.1) is 0 Å². The topological polar surface area (TPSA) is 100 Å². The monoisotopic (exact) mass is 619 g/mol. The number of nitrogens with one attached hydrogen (secondary N) is 2. The van der Waals surface area contributed by atoms with Crippen LogP contribution in [0.5, 0.6) is 0 Å². The van der Waals surface area contributed by atoms with Crippen LogP contribution in [0, 0.1) is 10.8 Å². The van der Waals surface area contributed by atoms with E-state index in [1.54, 1.807) is 0 Å². The van der Waals surface area contributed by atoms with E-state index in [1.165, 1.54) is 26.2 Å². The van der Waals surface area contributed by atoms with E-state index in [1.807, 2.05) is 24.3 Å². The Morgan fingerprint density at radius 3 is 2.33 bits per heavy atom. The third-order valence-electron chi connectivity index (χ3n) is 9.77. The summed E-state index contributed by atoms with van der Waals surface area (Å²) < 4.78 is 13.3. The zero-order chi connectivity index (χ0) is 32.0. The molecule has 0 aromatic heterocycles. The standard InChI is InChI=1S/C37H53N3O5/c1-26(42)38-17-7-5-6-8-34(43)39-21-27-9-15-30(16-10-27)35-44-32(18-33(45-35)29-13-11-28(23-41)12-14-29)22-40-25-37(4)20-31(40)19-36(2,3)24-37/h9-16,31-33,35,41H,5-8,17-25H2,1-4H3,(H,38,42)(H,39,43)/t31?,32-,33+,35+,37?/m1/s1. The van der Waals surface area contributed by atoms with Crippen molar-refractivity contribution < 1.29 is 24.2 Å². The molecule has 2 aromatic carbocycles. The van der Waals surface area contributed by atoms with Gasteiger partial charge in [-0.1, -0.05) is 75.7 Å². The Morgan fingerprint density at radius 1 is 0.911 bits per heavy atom. The van der Waals surface area contributed by atoms with E-state index in [9.17, 15) is 14.7 Å². The van der Waals surface area contributed by atoms with Crippen molar-refractivity contribution in [2.24, 2.45) is 10.8 Å². The summed E-state index contributed by atoms with van der Waals surface area (Å²) in [7, 11) is 0. The number of ether oxygens (including phenoxy) is 2. The van der Waals surface area contributed by atoms with E-state index in [0.717, 1.165) is 61.0 Å². The largest absolute Gasteiger partial charge is 0.392 e. The minimum Gasteiger partial charge on any atom is -0.392 e. The smallest absolute Gasteiger partial charge is 0.220 e. The van der Waals surface area contributed by atoms with Crippen molar-refractivity contribution in [3.05, 3.63) is 70.8 Å². The number of likely N-dealkylation sites (tertiary alicyclic amines) is 1. The highest BCUT2D eigenvalue weighted by Gasteiger charge is 2.50. The lowest BCUT2D eigenvalue weighted by molar-refractivity contribution is -0.253. The molecule has 2 aromatic rings. The van der Waals surface area contributed by atoms with Crippen LogP contribution in [-0.2, 0) is 32.2 Å². The number of unbranched alkanes of at least 4 members (excludes halogenated alkanes) is 2. The van der Waals surface area contributed by atoms with Crippen molar-refractivity contribution in [2.75, 3.05) is 19.6 Å². The van der Waals surface area contributed by atoms with E-state index in [0.29, 0.717) is 36.4 Å². The van der Waals surface area contributed by atoms with Crippen LogP contribution in [0.25, 0.3) is 0 Å². The molecule has 8 nitrogen and oxygen atoms in total. The lowest BCUT2D eigenvalue weighted by Gasteiger charge is -2.41. The number of rotatable bonds is 13. The van der Waals surface area contributed by atoms with Gasteiger partial charge in [-0.2, -0.15) is 0 Å². The molecule has 0 spiro atoms. The van der Waals surface area contributed by atoms with Crippen LogP contribution < -0.4 is 10.6 Å². The second-order valence-corrected chi connectivity index (χ2v) is 14.8. The zero-order valence-corrected chi connectivity index (χ0v) is 27.6. The van der Waals surface area contributed by atoms with Crippen molar-refractivity contribution in [1.82, 2.24) is 15.5 Å². The molecule has 5 rings (SSSR count). The fraction of sp³-hybridized carbons (Fsp3) is 0.622. The Hall–Kier alpha value is -2.78. The van der Waals surface area contributed by atoms with E-state index >= 15 is 0 Å². The number of hydrogen-bond donors (Lipinski definition) is 3. The molecule has 2 amide bonds. The molecule has 2 aliphatic heterocycles. The van der Waals surface area contributed by atoms with Gasteiger partial charge in [0.15, 0.2) is 6.29 Å². The fourth-order valence-electron chi connectivity index (χ4n) is 8.02. The molecular weight excluding hydrogens is 566 g/mol. The molecule has 1 aliphatic carbocycles. The second-order valence-electron chi connectivity index (χ2n) is 14.8. The lowest BCUT2D eigenvalue weighted by atomic mass is 9.65. The number of carbonyl (C=O) groups is 2. The molecule has 3 N–H and O–H groups in total. The predicted molar refractivity (Wildman–Crippen MR) is 175 cm³/mol. The summed E-state index contributed by atoms with van der Waals surface area (Å²) >= 11 is 0. The first-order valence-corrected chi connectivity index (χ1v) is 16.9. The molecule has 8 heteroatoms. The van der Waals surface area contributed by atoms with Gasteiger partial charge in [-0.3, -0.25) is 14.5 Å². The van der Waals surface area contributed by atoms with Crippen LogP contribution in [0.15, 0.2) is 48.5 Å². The number of carbonyl (C=O) groups excluding carboxylic acids is 2. The maximum Gasteiger partial charge on any atom is 0.220 e. The first-order chi connectivity index (χ1) is 21.5. The van der Waals surface area contributed by atoms with Crippen LogP contribution >= 0.6 is 0 Å². The summed E-state index contributed by atoms with van der Waals surface area (Å²) in [5, 5.41) is 15.4. The van der Waals surface area contributed by atoms with Crippen molar-refractivity contribution in [1.29, 1.82) is 0 Å². The van der Waals surface area contributed by atoms with Gasteiger partial charge in [0.1, 0.15) is 0 Å². The van der Waals surface area contributed by atoms with Crippen LogP contribution in [-0.4, -0.2) is 53.6 Å². The average Bonchev–Trinajstić information content (AvgIpc) is 3.24. The highest BCUT2D eigenvalue weighted by Crippen LogP contribution is 2.53. The Labute approximate surface area is 269 Å². The van der Waals surface area contributed by atoms with Gasteiger partial charge in [0.05, 0.1) is 18.8 Å². The quantitative estimate of drug-likeness (QED) is 0.240. The third-order valence-corrected chi connectivity index (χ3v) is 9.77. The van der Waals surface area contributed by atoms with Gasteiger partial charge in [0, 0.05) is 57.5 Å². The van der Waals surface area contributed by atoms with Gasteiger partial charge in [0.2, 0.25) is 11.8 Å². The minimum atomic E-state index is -0.485. The van der Waals surface area contributed by atoms with E-state index in [2.05, 4.69) is 60.6 Å². The maximum atomic E-state index is 12.3. The minimum absolute atomic E-state index is 0.0173. The fourth-order valence-corrected chi connectivity index (χ4v) is 8.02. The molecule has 2 heterocycles. The molecule has 2 bridgehead atoms. The van der Waals surface area contributed by atoms with Crippen molar-refractivity contribution in [3.63, 3.8) is 0 Å². The van der Waals surface area contributed by atoms with Crippen molar-refractivity contribution in [3.8, 4) is 0 Å². The molecule has 2 unspecified atom stereocenters. The third kappa shape index (κ3) is 9.38. The van der Waals surface area contributed by atoms with Crippen LogP contribution in [0.1, 0.15) is 114 Å². The number of aliphatic hydroxyl groups is 1. The molecule has 2 saturated heterocycles. The first-order valence-electron chi connectivity index (χ1n) is 16.9. The highest BCUT2D eigenvalue weighted by atomic mass is 16.7. The van der Waals surface area contributed by atoms with E-state index in [-0.39, 0.29) is 30.6 Å². The zero-order valence-electron chi connectivity index (χ0n) is 27.6. The molecule has 3 aliphatic rings. The molecule has 3 fully saturated rings. The average molecular weight is 620 g/mol. The van der Waals surface area contributed by atoms with Gasteiger partial charge in [-0.05, 0) is 59.6 Å². The Bertz CT molecular complexity index is 1280.